The Morgan fingerprint density at radius 1 is 1.18 bits per heavy atom. The van der Waals surface area contributed by atoms with Crippen LogP contribution in [0, 0.1) is 34.0 Å². The van der Waals surface area contributed by atoms with Crippen LogP contribution in [0.25, 0.3) is 0 Å². The zero-order valence-electron chi connectivity index (χ0n) is 14.7. The number of rotatable bonds is 1. The summed E-state index contributed by atoms with van der Waals surface area (Å²) in [6.07, 6.45) is 7.52. The molecule has 3 fully saturated rings. The zero-order valence-corrected chi connectivity index (χ0v) is 14.7. The quantitative estimate of drug-likeness (QED) is 0.730. The first kappa shape index (κ1) is 16.2. The van der Waals surface area contributed by atoms with Crippen molar-refractivity contribution in [3.63, 3.8) is 0 Å². The largest absolute Gasteiger partial charge is 0.392 e. The summed E-state index contributed by atoms with van der Waals surface area (Å²) in [5.74, 6) is 1.38. The summed E-state index contributed by atoms with van der Waals surface area (Å²) in [5, 5.41) is 11.1. The summed E-state index contributed by atoms with van der Waals surface area (Å²) in [6.45, 7) is 13.1. The molecule has 0 saturated heterocycles. The number of aliphatic hydroxyl groups is 1. The van der Waals surface area contributed by atoms with Crippen molar-refractivity contribution in [3.05, 3.63) is 12.7 Å². The Kier molecular flexibility index (Phi) is 3.64. The molecule has 0 aromatic rings. The molecule has 3 rings (SSSR count). The number of ketones is 1. The summed E-state index contributed by atoms with van der Waals surface area (Å²) in [6, 6.07) is 0. The Bertz CT molecular complexity index is 498. The number of Topliss-reactive ketones (excluding diaryl/α,β-unsaturated/α-hetero) is 1. The molecular weight excluding hydrogens is 272 g/mol. The standard InChI is InChI=1S/C20H32O2/c1-6-18(4)11-12-19(5)13(2)7-9-20(14(3)17(18)22)10-8-15(21)16(19)20/h6,13-14,16-17,22H,1,7-12H2,2-5H3/t13-,14+,16+,17+,18-,19+,20+/m1/s1. The molecule has 0 radical (unpaired) electrons. The lowest BCUT2D eigenvalue weighted by atomic mass is 9.44. The Morgan fingerprint density at radius 3 is 2.50 bits per heavy atom. The van der Waals surface area contributed by atoms with Crippen LogP contribution >= 0.6 is 0 Å². The van der Waals surface area contributed by atoms with E-state index < -0.39 is 6.10 Å². The van der Waals surface area contributed by atoms with Crippen LogP contribution in [-0.2, 0) is 4.79 Å². The van der Waals surface area contributed by atoms with Gasteiger partial charge in [0.2, 0.25) is 0 Å². The molecule has 7 atom stereocenters. The summed E-state index contributed by atoms with van der Waals surface area (Å²) >= 11 is 0. The highest BCUT2D eigenvalue weighted by Gasteiger charge is 2.64. The molecule has 0 heterocycles. The van der Waals surface area contributed by atoms with Gasteiger partial charge in [-0.1, -0.05) is 33.8 Å². The van der Waals surface area contributed by atoms with Crippen molar-refractivity contribution in [2.75, 3.05) is 0 Å². The van der Waals surface area contributed by atoms with Gasteiger partial charge < -0.3 is 5.11 Å². The van der Waals surface area contributed by atoms with Crippen molar-refractivity contribution in [1.82, 2.24) is 0 Å². The molecule has 2 nitrogen and oxygen atoms in total. The Labute approximate surface area is 135 Å². The molecule has 0 spiro atoms. The molecule has 0 amide bonds. The molecule has 124 valence electrons. The lowest BCUT2D eigenvalue weighted by molar-refractivity contribution is -0.158. The van der Waals surface area contributed by atoms with E-state index >= 15 is 0 Å². The van der Waals surface area contributed by atoms with Crippen LogP contribution < -0.4 is 0 Å². The fourth-order valence-electron chi connectivity index (χ4n) is 6.26. The molecule has 3 aliphatic rings. The Balaban J connectivity index is 2.15. The minimum absolute atomic E-state index is 0.0163. The van der Waals surface area contributed by atoms with E-state index in [9.17, 15) is 9.90 Å². The maximum Gasteiger partial charge on any atom is 0.137 e. The smallest absolute Gasteiger partial charge is 0.137 e. The maximum absolute atomic E-state index is 12.8. The fraction of sp³-hybridized carbons (Fsp3) is 0.850. The van der Waals surface area contributed by atoms with Crippen LogP contribution in [-0.4, -0.2) is 17.0 Å². The van der Waals surface area contributed by atoms with Gasteiger partial charge in [0.25, 0.3) is 0 Å². The molecule has 3 saturated carbocycles. The molecule has 0 unspecified atom stereocenters. The van der Waals surface area contributed by atoms with E-state index in [1.807, 2.05) is 6.08 Å². The predicted molar refractivity (Wildman–Crippen MR) is 89.4 cm³/mol. The van der Waals surface area contributed by atoms with E-state index in [0.717, 1.165) is 32.1 Å². The third-order valence-corrected chi connectivity index (χ3v) is 8.29. The van der Waals surface area contributed by atoms with Crippen LogP contribution in [0.4, 0.5) is 0 Å². The van der Waals surface area contributed by atoms with Crippen molar-refractivity contribution >= 4 is 5.78 Å². The highest BCUT2D eigenvalue weighted by atomic mass is 16.3. The van der Waals surface area contributed by atoms with Gasteiger partial charge in [0.15, 0.2) is 0 Å². The van der Waals surface area contributed by atoms with E-state index in [1.165, 1.54) is 6.42 Å². The minimum atomic E-state index is -0.392. The SMILES string of the molecule is C=C[C@]1(C)CC[C@@]2(C)[C@H](C)CC[C@]3(CCC(=O)[C@@H]23)[C@@H](C)[C@@H]1O. The van der Waals surface area contributed by atoms with Crippen LogP contribution in [0.15, 0.2) is 12.7 Å². The second-order valence-corrected chi connectivity index (χ2v) is 9.02. The van der Waals surface area contributed by atoms with Crippen molar-refractivity contribution in [2.45, 2.75) is 72.3 Å². The van der Waals surface area contributed by atoms with E-state index in [1.54, 1.807) is 0 Å². The zero-order chi connectivity index (χ0) is 16.3. The number of hydrogen-bond donors (Lipinski definition) is 1. The molecule has 22 heavy (non-hydrogen) atoms. The molecule has 0 aliphatic heterocycles. The normalized spacial score (nSPS) is 55.2. The lowest BCUT2D eigenvalue weighted by Gasteiger charge is -2.60. The van der Waals surface area contributed by atoms with E-state index in [2.05, 4.69) is 34.3 Å². The number of hydrogen-bond acceptors (Lipinski definition) is 2. The van der Waals surface area contributed by atoms with Crippen LogP contribution in [0.1, 0.15) is 66.2 Å². The first-order valence-electron chi connectivity index (χ1n) is 9.06. The van der Waals surface area contributed by atoms with Crippen LogP contribution in [0.2, 0.25) is 0 Å². The van der Waals surface area contributed by atoms with Gasteiger partial charge in [-0.05, 0) is 54.8 Å². The number of carbonyl (C=O) groups excluding carboxylic acids is 1. The molecule has 2 bridgehead atoms. The number of aliphatic hydroxyl groups excluding tert-OH is 1. The molecule has 3 aliphatic carbocycles. The minimum Gasteiger partial charge on any atom is -0.392 e. The van der Waals surface area contributed by atoms with Crippen molar-refractivity contribution < 1.29 is 9.90 Å². The van der Waals surface area contributed by atoms with Gasteiger partial charge in [-0.2, -0.15) is 0 Å². The maximum atomic E-state index is 12.8. The molecule has 1 N–H and O–H groups in total. The second-order valence-electron chi connectivity index (χ2n) is 9.02. The van der Waals surface area contributed by atoms with Crippen molar-refractivity contribution in [3.8, 4) is 0 Å². The molecule has 2 heteroatoms. The average molecular weight is 304 g/mol. The Hall–Kier alpha value is -0.630. The predicted octanol–water partition coefficient (Wildman–Crippen LogP) is 4.37. The van der Waals surface area contributed by atoms with Gasteiger partial charge in [0.1, 0.15) is 5.78 Å². The van der Waals surface area contributed by atoms with Crippen LogP contribution in [0.5, 0.6) is 0 Å². The van der Waals surface area contributed by atoms with Gasteiger partial charge in [-0.25, -0.2) is 0 Å². The van der Waals surface area contributed by atoms with E-state index in [-0.39, 0.29) is 28.1 Å². The Morgan fingerprint density at radius 2 is 1.86 bits per heavy atom. The first-order chi connectivity index (χ1) is 10.2. The van der Waals surface area contributed by atoms with Gasteiger partial charge in [0, 0.05) is 17.8 Å². The summed E-state index contributed by atoms with van der Waals surface area (Å²) in [5.41, 5.74) is -0.131. The van der Waals surface area contributed by atoms with E-state index in [0.29, 0.717) is 11.7 Å². The van der Waals surface area contributed by atoms with Crippen molar-refractivity contribution in [2.24, 2.45) is 34.0 Å². The first-order valence-corrected chi connectivity index (χ1v) is 9.06. The molecular formula is C20H32O2. The highest BCUT2D eigenvalue weighted by molar-refractivity contribution is 5.85. The fourth-order valence-corrected chi connectivity index (χ4v) is 6.26. The van der Waals surface area contributed by atoms with Crippen LogP contribution in [0.3, 0.4) is 0 Å². The average Bonchev–Trinajstić information content (AvgIpc) is 2.86. The van der Waals surface area contributed by atoms with Crippen molar-refractivity contribution in [1.29, 1.82) is 0 Å². The molecule has 0 aromatic heterocycles. The third-order valence-electron chi connectivity index (χ3n) is 8.29. The van der Waals surface area contributed by atoms with Gasteiger partial charge in [-0.15, -0.1) is 6.58 Å². The summed E-state index contributed by atoms with van der Waals surface area (Å²) in [4.78, 5) is 12.8. The monoisotopic (exact) mass is 304 g/mol. The molecule has 0 aromatic carbocycles. The lowest BCUT2D eigenvalue weighted by Crippen LogP contribution is -2.57. The number of carbonyl (C=O) groups is 1. The third kappa shape index (κ3) is 1.85. The summed E-state index contributed by atoms with van der Waals surface area (Å²) < 4.78 is 0. The van der Waals surface area contributed by atoms with Gasteiger partial charge in [-0.3, -0.25) is 4.79 Å². The topological polar surface area (TPSA) is 37.3 Å². The summed E-state index contributed by atoms with van der Waals surface area (Å²) in [7, 11) is 0. The second kappa shape index (κ2) is 4.93. The highest BCUT2D eigenvalue weighted by Crippen LogP contribution is 2.67. The van der Waals surface area contributed by atoms with Gasteiger partial charge in [0.05, 0.1) is 6.10 Å². The van der Waals surface area contributed by atoms with E-state index in [4.69, 9.17) is 0 Å². The van der Waals surface area contributed by atoms with Gasteiger partial charge >= 0.3 is 0 Å².